The quantitative estimate of drug-likeness (QED) is 0.801. The third-order valence-corrected chi connectivity index (χ3v) is 3.75. The molecule has 114 valence electrons. The number of carbonyl (C=O) groups is 2. The molecular weight excluding hydrogens is 273 g/mol. The van der Waals surface area contributed by atoms with Crippen molar-refractivity contribution >= 4 is 11.9 Å². The Kier molecular flexibility index (Phi) is 4.60. The molecule has 4 nitrogen and oxygen atoms in total. The fourth-order valence-electron chi connectivity index (χ4n) is 2.88. The van der Waals surface area contributed by atoms with Crippen molar-refractivity contribution in [3.8, 4) is 0 Å². The molecule has 5 heteroatoms. The third-order valence-electron chi connectivity index (χ3n) is 3.75. The van der Waals surface area contributed by atoms with E-state index in [1.807, 2.05) is 13.8 Å². The topological polar surface area (TPSA) is 46.6 Å². The highest BCUT2D eigenvalue weighted by Crippen LogP contribution is 2.36. The molecular formula is C16H20FNO3. The summed E-state index contributed by atoms with van der Waals surface area (Å²) in [4.78, 5) is 26.1. The molecule has 1 saturated heterocycles. The van der Waals surface area contributed by atoms with Gasteiger partial charge in [0.25, 0.3) is 0 Å². The molecule has 1 fully saturated rings. The minimum atomic E-state index is -0.636. The molecule has 1 aliphatic heterocycles. The molecule has 1 aromatic rings. The number of ether oxygens (including phenoxy) is 1. The monoisotopic (exact) mass is 293 g/mol. The van der Waals surface area contributed by atoms with Gasteiger partial charge >= 0.3 is 5.97 Å². The summed E-state index contributed by atoms with van der Waals surface area (Å²) in [5, 5.41) is 0. The van der Waals surface area contributed by atoms with Crippen LogP contribution in [0.4, 0.5) is 4.39 Å². The van der Waals surface area contributed by atoms with Crippen LogP contribution in [0.25, 0.3) is 0 Å². The van der Waals surface area contributed by atoms with E-state index in [9.17, 15) is 14.0 Å². The van der Waals surface area contributed by atoms with E-state index in [0.29, 0.717) is 0 Å². The summed E-state index contributed by atoms with van der Waals surface area (Å²) in [5.74, 6) is -1.10. The van der Waals surface area contributed by atoms with E-state index >= 15 is 0 Å². The van der Waals surface area contributed by atoms with E-state index in [2.05, 4.69) is 0 Å². The van der Waals surface area contributed by atoms with Gasteiger partial charge in [-0.05, 0) is 38.5 Å². The Labute approximate surface area is 123 Å². The molecule has 2 atom stereocenters. The number of nitrogens with zero attached hydrogens (tertiary/aromatic N) is 1. The number of carbonyl (C=O) groups excluding carboxylic acids is 2. The van der Waals surface area contributed by atoms with Gasteiger partial charge in [0, 0.05) is 18.4 Å². The summed E-state index contributed by atoms with van der Waals surface area (Å²) in [6.45, 7) is 5.75. The minimum absolute atomic E-state index is 0.0719. The normalized spacial score (nSPS) is 22.0. The lowest BCUT2D eigenvalue weighted by Gasteiger charge is -2.29. The van der Waals surface area contributed by atoms with Gasteiger partial charge in [-0.1, -0.05) is 12.1 Å². The Morgan fingerprint density at radius 2 is 2.00 bits per heavy atom. The molecule has 0 spiro atoms. The summed E-state index contributed by atoms with van der Waals surface area (Å²) >= 11 is 0. The zero-order chi connectivity index (χ0) is 15.6. The second-order valence-corrected chi connectivity index (χ2v) is 5.45. The Bertz CT molecular complexity index is 527. The predicted octanol–water partition coefficient (Wildman–Crippen LogP) is 2.48. The molecule has 1 aromatic carbocycles. The van der Waals surface area contributed by atoms with Gasteiger partial charge in [0.05, 0.1) is 6.61 Å². The summed E-state index contributed by atoms with van der Waals surface area (Å²) in [6.07, 6.45) is 0.243. The van der Waals surface area contributed by atoms with E-state index in [1.54, 1.807) is 24.0 Å². The highest BCUT2D eigenvalue weighted by Gasteiger charge is 2.46. The van der Waals surface area contributed by atoms with Crippen molar-refractivity contribution in [1.82, 2.24) is 4.90 Å². The average Bonchev–Trinajstić information content (AvgIpc) is 2.77. The second kappa shape index (κ2) is 6.24. The highest BCUT2D eigenvalue weighted by atomic mass is 19.1. The Balaban J connectivity index is 2.36. The van der Waals surface area contributed by atoms with E-state index in [1.165, 1.54) is 12.1 Å². The SMILES string of the molecule is CCOC(=O)C1C(c2ccc(F)cc2)CC(=O)N1C(C)C. The van der Waals surface area contributed by atoms with Crippen molar-refractivity contribution in [3.05, 3.63) is 35.6 Å². The first-order valence-electron chi connectivity index (χ1n) is 7.19. The molecule has 0 aromatic heterocycles. The van der Waals surface area contributed by atoms with Crippen LogP contribution in [0, 0.1) is 5.82 Å². The molecule has 21 heavy (non-hydrogen) atoms. The number of benzene rings is 1. The van der Waals surface area contributed by atoms with Gasteiger partial charge in [0.1, 0.15) is 11.9 Å². The first-order valence-corrected chi connectivity index (χ1v) is 7.19. The Hall–Kier alpha value is -1.91. The van der Waals surface area contributed by atoms with E-state index < -0.39 is 12.0 Å². The van der Waals surface area contributed by atoms with Gasteiger partial charge < -0.3 is 9.64 Å². The first kappa shape index (κ1) is 15.5. The van der Waals surface area contributed by atoms with Crippen LogP contribution in [-0.2, 0) is 14.3 Å². The van der Waals surface area contributed by atoms with E-state index in [-0.39, 0.29) is 36.7 Å². The summed E-state index contributed by atoms with van der Waals surface area (Å²) in [7, 11) is 0. The van der Waals surface area contributed by atoms with Crippen molar-refractivity contribution in [3.63, 3.8) is 0 Å². The summed E-state index contributed by atoms with van der Waals surface area (Å²) < 4.78 is 18.2. The van der Waals surface area contributed by atoms with Crippen molar-refractivity contribution in [1.29, 1.82) is 0 Å². The maximum Gasteiger partial charge on any atom is 0.329 e. The molecule has 2 unspecified atom stereocenters. The van der Waals surface area contributed by atoms with Gasteiger partial charge in [0.2, 0.25) is 5.91 Å². The highest BCUT2D eigenvalue weighted by molar-refractivity contribution is 5.90. The standard InChI is InChI=1S/C16H20FNO3/c1-4-21-16(20)15-13(9-14(19)18(15)10(2)3)11-5-7-12(17)8-6-11/h5-8,10,13,15H,4,9H2,1-3H3. The number of likely N-dealkylation sites (tertiary alicyclic amines) is 1. The Morgan fingerprint density at radius 1 is 1.38 bits per heavy atom. The lowest BCUT2D eigenvalue weighted by atomic mass is 9.91. The lowest BCUT2D eigenvalue weighted by Crippen LogP contribution is -2.45. The van der Waals surface area contributed by atoms with Crippen LogP contribution in [0.2, 0.25) is 0 Å². The third kappa shape index (κ3) is 3.06. The second-order valence-electron chi connectivity index (χ2n) is 5.45. The van der Waals surface area contributed by atoms with Gasteiger partial charge in [-0.25, -0.2) is 9.18 Å². The van der Waals surface area contributed by atoms with Gasteiger partial charge in [-0.3, -0.25) is 4.79 Å². The van der Waals surface area contributed by atoms with Crippen LogP contribution in [-0.4, -0.2) is 35.5 Å². The molecule has 0 saturated carbocycles. The predicted molar refractivity (Wildman–Crippen MR) is 76.2 cm³/mol. The number of hydrogen-bond acceptors (Lipinski definition) is 3. The molecule has 1 aliphatic rings. The fourth-order valence-corrected chi connectivity index (χ4v) is 2.88. The van der Waals surface area contributed by atoms with Crippen LogP contribution in [0.1, 0.15) is 38.7 Å². The molecule has 0 N–H and O–H groups in total. The maximum absolute atomic E-state index is 13.1. The molecule has 1 heterocycles. The number of halogens is 1. The van der Waals surface area contributed by atoms with Gasteiger partial charge in [-0.2, -0.15) is 0 Å². The molecule has 0 radical (unpaired) electrons. The van der Waals surface area contributed by atoms with Crippen LogP contribution in [0.3, 0.4) is 0 Å². The zero-order valence-corrected chi connectivity index (χ0v) is 12.5. The molecule has 0 bridgehead atoms. The van der Waals surface area contributed by atoms with Crippen molar-refractivity contribution in [2.75, 3.05) is 6.61 Å². The van der Waals surface area contributed by atoms with Crippen LogP contribution < -0.4 is 0 Å². The van der Waals surface area contributed by atoms with E-state index in [0.717, 1.165) is 5.56 Å². The summed E-state index contributed by atoms with van der Waals surface area (Å²) in [5.41, 5.74) is 0.783. The molecule has 0 aliphatic carbocycles. The number of esters is 1. The minimum Gasteiger partial charge on any atom is -0.464 e. The van der Waals surface area contributed by atoms with Crippen LogP contribution in [0.5, 0.6) is 0 Å². The summed E-state index contributed by atoms with van der Waals surface area (Å²) in [6, 6.07) is 5.23. The number of amides is 1. The maximum atomic E-state index is 13.1. The lowest BCUT2D eigenvalue weighted by molar-refractivity contribution is -0.152. The van der Waals surface area contributed by atoms with Crippen LogP contribution >= 0.6 is 0 Å². The smallest absolute Gasteiger partial charge is 0.329 e. The number of rotatable bonds is 4. The largest absolute Gasteiger partial charge is 0.464 e. The van der Waals surface area contributed by atoms with Gasteiger partial charge in [0.15, 0.2) is 0 Å². The van der Waals surface area contributed by atoms with E-state index in [4.69, 9.17) is 4.74 Å². The van der Waals surface area contributed by atoms with Crippen molar-refractivity contribution < 1.29 is 18.7 Å². The Morgan fingerprint density at radius 3 is 2.52 bits per heavy atom. The van der Waals surface area contributed by atoms with Gasteiger partial charge in [-0.15, -0.1) is 0 Å². The fraction of sp³-hybridized carbons (Fsp3) is 0.500. The van der Waals surface area contributed by atoms with Crippen molar-refractivity contribution in [2.45, 2.75) is 45.2 Å². The average molecular weight is 293 g/mol. The van der Waals surface area contributed by atoms with Crippen molar-refractivity contribution in [2.24, 2.45) is 0 Å². The van der Waals surface area contributed by atoms with Crippen LogP contribution in [0.15, 0.2) is 24.3 Å². The molecule has 2 rings (SSSR count). The first-order chi connectivity index (χ1) is 9.95. The zero-order valence-electron chi connectivity index (χ0n) is 12.5. The number of hydrogen-bond donors (Lipinski definition) is 0. The molecule has 1 amide bonds.